The molecule has 5 heteroatoms. The first kappa shape index (κ1) is 12.7. The van der Waals surface area contributed by atoms with Crippen LogP contribution in [0.1, 0.15) is 20.3 Å². The third-order valence-electron chi connectivity index (χ3n) is 1.31. The summed E-state index contributed by atoms with van der Waals surface area (Å²) in [6.45, 7) is 3.06. The summed E-state index contributed by atoms with van der Waals surface area (Å²) < 4.78 is 10.5. The van der Waals surface area contributed by atoms with Crippen LogP contribution in [0.25, 0.3) is 0 Å². The molecule has 0 N–H and O–H groups in total. The summed E-state index contributed by atoms with van der Waals surface area (Å²) in [6, 6.07) is 0. The van der Waals surface area contributed by atoms with Gasteiger partial charge in [-0.2, -0.15) is 0 Å². The third-order valence-corrected chi connectivity index (χ3v) is 2.61. The van der Waals surface area contributed by atoms with Gasteiger partial charge in [0.25, 0.3) is 0 Å². The van der Waals surface area contributed by atoms with Crippen LogP contribution in [0.5, 0.6) is 0 Å². The number of carbonyl (C=O) groups is 2. The van der Waals surface area contributed by atoms with E-state index in [9.17, 15) is 9.59 Å². The van der Waals surface area contributed by atoms with Gasteiger partial charge in [-0.25, -0.2) is 0 Å². The summed E-state index contributed by atoms with van der Waals surface area (Å²) in [7, 11) is 0. The van der Waals surface area contributed by atoms with E-state index in [2.05, 4.69) is 0 Å². The standard InChI is InChI=1S/C8H13O4.Sn/c1-6(12-8(3)10)4-5-11-7(2)9;/h6H,1,4-5H2,2-3H3;. The fourth-order valence-corrected chi connectivity index (χ4v) is 1.59. The molecule has 1 unspecified atom stereocenters. The zero-order valence-electron chi connectivity index (χ0n) is 7.83. The monoisotopic (exact) mass is 293 g/mol. The summed E-state index contributed by atoms with van der Waals surface area (Å²) >= 11 is 1.31. The molecule has 0 rings (SSSR count). The minimum absolute atomic E-state index is 0.102. The Labute approximate surface area is 91.1 Å². The molecule has 3 radical (unpaired) electrons. The predicted octanol–water partition coefficient (Wildman–Crippen LogP) is 0.458. The van der Waals surface area contributed by atoms with Crippen LogP contribution in [0.4, 0.5) is 0 Å². The van der Waals surface area contributed by atoms with Crippen LogP contribution >= 0.6 is 0 Å². The summed E-state index contributed by atoms with van der Waals surface area (Å²) in [5.74, 6) is -0.583. The summed E-state index contributed by atoms with van der Waals surface area (Å²) in [5.41, 5.74) is 0. The molecule has 0 saturated carbocycles. The van der Waals surface area contributed by atoms with Crippen molar-refractivity contribution in [3.8, 4) is 0 Å². The molecule has 73 valence electrons. The zero-order chi connectivity index (χ0) is 10.3. The number of hydrogen-bond acceptors (Lipinski definition) is 4. The van der Waals surface area contributed by atoms with Gasteiger partial charge in [0.1, 0.15) is 0 Å². The Balaban J connectivity index is 3.59. The van der Waals surface area contributed by atoms with Crippen molar-refractivity contribution in [1.29, 1.82) is 0 Å². The van der Waals surface area contributed by atoms with Crippen molar-refractivity contribution in [3.63, 3.8) is 0 Å². The van der Waals surface area contributed by atoms with Crippen LogP contribution in [0.2, 0.25) is 4.44 Å². The number of carbonyl (C=O) groups excluding carboxylic acids is 2. The van der Waals surface area contributed by atoms with E-state index in [1.807, 2.05) is 0 Å². The molecule has 0 aliphatic carbocycles. The number of esters is 2. The molecule has 0 fully saturated rings. The second kappa shape index (κ2) is 7.17. The summed E-state index contributed by atoms with van der Waals surface area (Å²) in [4.78, 5) is 21.0. The molecular formula is C8H13O4Sn. The van der Waals surface area contributed by atoms with Gasteiger partial charge in [0.05, 0.1) is 0 Å². The minimum atomic E-state index is -0.300. The van der Waals surface area contributed by atoms with Gasteiger partial charge in [0, 0.05) is 0 Å². The van der Waals surface area contributed by atoms with Crippen LogP contribution in [0, 0.1) is 0 Å². The fraction of sp³-hybridized carbons (Fsp3) is 0.750. The normalized spacial score (nSPS) is 11.9. The second-order valence-corrected chi connectivity index (χ2v) is 3.73. The van der Waals surface area contributed by atoms with Crippen molar-refractivity contribution in [2.24, 2.45) is 0 Å². The quantitative estimate of drug-likeness (QED) is 0.545. The van der Waals surface area contributed by atoms with Gasteiger partial charge in [-0.05, 0) is 0 Å². The maximum atomic E-state index is 10.6. The average Bonchev–Trinajstić information content (AvgIpc) is 2.01. The van der Waals surface area contributed by atoms with E-state index in [0.717, 1.165) is 4.44 Å². The van der Waals surface area contributed by atoms with E-state index in [1.54, 1.807) is 0 Å². The van der Waals surface area contributed by atoms with E-state index < -0.39 is 0 Å². The van der Waals surface area contributed by atoms with Gasteiger partial charge in [-0.1, -0.05) is 0 Å². The van der Waals surface area contributed by atoms with Gasteiger partial charge in [0.15, 0.2) is 0 Å². The Bertz CT molecular complexity index is 181. The van der Waals surface area contributed by atoms with Gasteiger partial charge >= 0.3 is 90.9 Å². The third kappa shape index (κ3) is 8.08. The molecule has 0 spiro atoms. The Morgan fingerprint density at radius 3 is 2.31 bits per heavy atom. The van der Waals surface area contributed by atoms with Gasteiger partial charge in [-0.15, -0.1) is 0 Å². The van der Waals surface area contributed by atoms with Crippen LogP contribution in [0.15, 0.2) is 0 Å². The van der Waals surface area contributed by atoms with Crippen LogP contribution in [-0.4, -0.2) is 47.2 Å². The molecule has 0 heterocycles. The molecule has 0 aliphatic heterocycles. The van der Waals surface area contributed by atoms with E-state index in [4.69, 9.17) is 9.47 Å². The molecular weight excluding hydrogens is 279 g/mol. The van der Waals surface area contributed by atoms with Crippen molar-refractivity contribution in [2.75, 3.05) is 6.61 Å². The van der Waals surface area contributed by atoms with Gasteiger partial charge in [0.2, 0.25) is 0 Å². The van der Waals surface area contributed by atoms with Crippen molar-refractivity contribution >= 4 is 34.5 Å². The first-order chi connectivity index (χ1) is 6.06. The molecule has 0 bridgehead atoms. The summed E-state index contributed by atoms with van der Waals surface area (Å²) in [6.07, 6.45) is 0.486. The molecule has 13 heavy (non-hydrogen) atoms. The molecule has 0 aromatic rings. The first-order valence-electron chi connectivity index (χ1n) is 4.01. The molecule has 0 saturated heterocycles. The van der Waals surface area contributed by atoms with Crippen LogP contribution < -0.4 is 0 Å². The van der Waals surface area contributed by atoms with Crippen molar-refractivity contribution in [2.45, 2.75) is 30.8 Å². The van der Waals surface area contributed by atoms with Crippen molar-refractivity contribution in [3.05, 3.63) is 0 Å². The average molecular weight is 292 g/mol. The SMILES string of the molecule is CC(=O)OCCC([CH2][Sn])OC(C)=O. The second-order valence-electron chi connectivity index (χ2n) is 2.56. The van der Waals surface area contributed by atoms with E-state index in [-0.39, 0.29) is 18.0 Å². The number of hydrogen-bond donors (Lipinski definition) is 0. The van der Waals surface area contributed by atoms with Crippen molar-refractivity contribution in [1.82, 2.24) is 0 Å². The number of ether oxygens (including phenoxy) is 2. The van der Waals surface area contributed by atoms with E-state index in [0.29, 0.717) is 13.0 Å². The zero-order valence-corrected chi connectivity index (χ0v) is 10.7. The Hall–Kier alpha value is -0.261. The summed E-state index contributed by atoms with van der Waals surface area (Å²) in [5, 5.41) is 0. The van der Waals surface area contributed by atoms with Crippen molar-refractivity contribution < 1.29 is 19.1 Å². The molecule has 0 aliphatic rings. The topological polar surface area (TPSA) is 52.6 Å². The van der Waals surface area contributed by atoms with Crippen LogP contribution in [-0.2, 0) is 19.1 Å². The molecule has 0 aromatic carbocycles. The Kier molecular flexibility index (Phi) is 7.03. The van der Waals surface area contributed by atoms with Gasteiger partial charge < -0.3 is 0 Å². The molecule has 0 amide bonds. The predicted molar refractivity (Wildman–Crippen MR) is 47.4 cm³/mol. The maximum absolute atomic E-state index is 10.6. The van der Waals surface area contributed by atoms with Gasteiger partial charge in [-0.3, -0.25) is 0 Å². The molecule has 4 nitrogen and oxygen atoms in total. The Morgan fingerprint density at radius 2 is 1.92 bits per heavy atom. The first-order valence-corrected chi connectivity index (χ1v) is 6.03. The Morgan fingerprint density at radius 1 is 1.31 bits per heavy atom. The van der Waals surface area contributed by atoms with E-state index in [1.165, 1.54) is 36.4 Å². The van der Waals surface area contributed by atoms with E-state index >= 15 is 0 Å². The number of rotatable bonds is 5. The van der Waals surface area contributed by atoms with Crippen LogP contribution in [0.3, 0.4) is 0 Å². The molecule has 1 atom stereocenters. The fourth-order valence-electron chi connectivity index (χ4n) is 0.771. The molecule has 0 aromatic heterocycles.